The Labute approximate surface area is 132 Å². The summed E-state index contributed by atoms with van der Waals surface area (Å²) in [4.78, 5) is 31.6. The third-order valence-electron chi connectivity index (χ3n) is 3.98. The zero-order chi connectivity index (χ0) is 15.7. The maximum atomic E-state index is 12.4. The standard InChI is InChI=1S/C15H18N4O2S/c1-18(15-17-11-4-2-3-5-12(11)22-15)13(20)9-19-7-6-10(8-19)14(16)21/h2-5,10H,6-9H2,1H3,(H2,16,21)/t10-/m0/s1. The lowest BCUT2D eigenvalue weighted by atomic mass is 10.1. The van der Waals surface area contributed by atoms with Gasteiger partial charge in [-0.25, -0.2) is 4.98 Å². The molecule has 1 aromatic heterocycles. The number of hydrogen-bond donors (Lipinski definition) is 1. The van der Waals surface area contributed by atoms with Crippen molar-refractivity contribution < 1.29 is 9.59 Å². The molecule has 116 valence electrons. The molecule has 22 heavy (non-hydrogen) atoms. The summed E-state index contributed by atoms with van der Waals surface area (Å²) in [5.74, 6) is -0.445. The number of fused-ring (bicyclic) bond motifs is 1. The number of likely N-dealkylation sites (N-methyl/N-ethyl adjacent to an activating group) is 1. The maximum Gasteiger partial charge on any atom is 0.242 e. The molecule has 1 saturated heterocycles. The lowest BCUT2D eigenvalue weighted by Crippen LogP contribution is -2.38. The number of primary amides is 1. The van der Waals surface area contributed by atoms with Gasteiger partial charge in [0.25, 0.3) is 0 Å². The van der Waals surface area contributed by atoms with Crippen molar-refractivity contribution in [3.05, 3.63) is 24.3 Å². The number of amides is 2. The van der Waals surface area contributed by atoms with Gasteiger partial charge in [0.1, 0.15) is 0 Å². The number of nitrogens with zero attached hydrogens (tertiary/aromatic N) is 3. The predicted molar refractivity (Wildman–Crippen MR) is 86.8 cm³/mol. The average molecular weight is 318 g/mol. The van der Waals surface area contributed by atoms with E-state index in [4.69, 9.17) is 5.73 Å². The van der Waals surface area contributed by atoms with Crippen molar-refractivity contribution in [2.24, 2.45) is 11.7 Å². The Morgan fingerprint density at radius 3 is 2.91 bits per heavy atom. The summed E-state index contributed by atoms with van der Waals surface area (Å²) in [5.41, 5.74) is 6.22. The molecular formula is C15H18N4O2S. The van der Waals surface area contributed by atoms with Crippen LogP contribution in [0.2, 0.25) is 0 Å². The summed E-state index contributed by atoms with van der Waals surface area (Å²) in [6, 6.07) is 7.82. The second-order valence-electron chi connectivity index (χ2n) is 5.54. The summed E-state index contributed by atoms with van der Waals surface area (Å²) in [6.45, 7) is 1.58. The lowest BCUT2D eigenvalue weighted by Gasteiger charge is -2.19. The molecule has 0 saturated carbocycles. The van der Waals surface area contributed by atoms with Crippen molar-refractivity contribution in [3.63, 3.8) is 0 Å². The summed E-state index contributed by atoms with van der Waals surface area (Å²) in [7, 11) is 1.74. The first-order valence-corrected chi connectivity index (χ1v) is 8.00. The highest BCUT2D eigenvalue weighted by atomic mass is 32.1. The van der Waals surface area contributed by atoms with Gasteiger partial charge in [-0.15, -0.1) is 0 Å². The molecule has 6 nitrogen and oxygen atoms in total. The van der Waals surface area contributed by atoms with Gasteiger partial charge in [0.05, 0.1) is 22.7 Å². The number of anilines is 1. The van der Waals surface area contributed by atoms with Crippen molar-refractivity contribution in [3.8, 4) is 0 Å². The number of carbonyl (C=O) groups is 2. The number of carbonyl (C=O) groups excluding carboxylic acids is 2. The number of benzene rings is 1. The number of aromatic nitrogens is 1. The normalized spacial score (nSPS) is 18.7. The van der Waals surface area contributed by atoms with Gasteiger partial charge in [-0.3, -0.25) is 19.4 Å². The molecule has 7 heteroatoms. The van der Waals surface area contributed by atoms with E-state index in [-0.39, 0.29) is 24.3 Å². The van der Waals surface area contributed by atoms with Crippen LogP contribution < -0.4 is 10.6 Å². The van der Waals surface area contributed by atoms with Crippen molar-refractivity contribution >= 4 is 38.5 Å². The van der Waals surface area contributed by atoms with E-state index in [0.717, 1.165) is 23.2 Å². The highest BCUT2D eigenvalue weighted by Gasteiger charge is 2.28. The molecule has 1 atom stereocenters. The molecule has 2 N–H and O–H groups in total. The highest BCUT2D eigenvalue weighted by Crippen LogP contribution is 2.28. The van der Waals surface area contributed by atoms with E-state index in [1.807, 2.05) is 29.2 Å². The molecule has 0 bridgehead atoms. The van der Waals surface area contributed by atoms with Crippen molar-refractivity contribution in [1.82, 2.24) is 9.88 Å². The molecular weight excluding hydrogens is 300 g/mol. The largest absolute Gasteiger partial charge is 0.369 e. The second-order valence-corrected chi connectivity index (χ2v) is 6.55. The quantitative estimate of drug-likeness (QED) is 0.914. The number of likely N-dealkylation sites (tertiary alicyclic amines) is 1. The molecule has 0 unspecified atom stereocenters. The number of rotatable bonds is 4. The molecule has 1 fully saturated rings. The fourth-order valence-electron chi connectivity index (χ4n) is 2.62. The topological polar surface area (TPSA) is 79.5 Å². The zero-order valence-electron chi connectivity index (χ0n) is 12.4. The maximum absolute atomic E-state index is 12.4. The molecule has 2 heterocycles. The van der Waals surface area contributed by atoms with Crippen LogP contribution in [-0.4, -0.2) is 48.4 Å². The highest BCUT2D eigenvalue weighted by molar-refractivity contribution is 7.22. The van der Waals surface area contributed by atoms with Crippen molar-refractivity contribution in [1.29, 1.82) is 0 Å². The molecule has 3 rings (SSSR count). The van der Waals surface area contributed by atoms with Gasteiger partial charge in [-0.05, 0) is 25.1 Å². The monoisotopic (exact) mass is 318 g/mol. The van der Waals surface area contributed by atoms with Gasteiger partial charge >= 0.3 is 0 Å². The molecule has 2 aromatic rings. The number of nitrogens with two attached hydrogens (primary N) is 1. The Kier molecular flexibility index (Phi) is 4.08. The molecule has 2 amide bonds. The fourth-order valence-corrected chi connectivity index (χ4v) is 3.56. The number of thiazole rings is 1. The van der Waals surface area contributed by atoms with Gasteiger partial charge in [-0.1, -0.05) is 23.5 Å². The Bertz CT molecular complexity index is 681. The van der Waals surface area contributed by atoms with E-state index in [9.17, 15) is 9.59 Å². The Morgan fingerprint density at radius 2 is 2.23 bits per heavy atom. The first-order valence-electron chi connectivity index (χ1n) is 7.18. The van der Waals surface area contributed by atoms with Crippen LogP contribution in [0, 0.1) is 5.92 Å². The van der Waals surface area contributed by atoms with Gasteiger partial charge in [0, 0.05) is 13.6 Å². The summed E-state index contributed by atoms with van der Waals surface area (Å²) in [6.07, 6.45) is 0.730. The third kappa shape index (κ3) is 2.95. The lowest BCUT2D eigenvalue weighted by molar-refractivity contribution is -0.122. The average Bonchev–Trinajstić information content (AvgIpc) is 3.12. The van der Waals surface area contributed by atoms with Crippen LogP contribution in [0.3, 0.4) is 0 Å². The molecule has 1 aromatic carbocycles. The van der Waals surface area contributed by atoms with E-state index in [2.05, 4.69) is 4.98 Å². The van der Waals surface area contributed by atoms with E-state index >= 15 is 0 Å². The van der Waals surface area contributed by atoms with E-state index in [1.54, 1.807) is 11.9 Å². The Balaban J connectivity index is 1.66. The van der Waals surface area contributed by atoms with Crippen LogP contribution in [0.15, 0.2) is 24.3 Å². The third-order valence-corrected chi connectivity index (χ3v) is 5.09. The predicted octanol–water partition coefficient (Wildman–Crippen LogP) is 1.07. The van der Waals surface area contributed by atoms with E-state index in [1.165, 1.54) is 11.3 Å². The number of para-hydroxylation sites is 1. The Morgan fingerprint density at radius 1 is 1.45 bits per heavy atom. The molecule has 1 aliphatic heterocycles. The number of hydrogen-bond acceptors (Lipinski definition) is 5. The zero-order valence-corrected chi connectivity index (χ0v) is 13.2. The first kappa shape index (κ1) is 14.9. The van der Waals surface area contributed by atoms with Gasteiger partial charge in [0.15, 0.2) is 5.13 Å². The molecule has 0 aliphatic carbocycles. The molecule has 0 spiro atoms. The minimum absolute atomic E-state index is 0.0239. The van der Waals surface area contributed by atoms with Crippen LogP contribution in [-0.2, 0) is 9.59 Å². The second kappa shape index (κ2) is 6.02. The summed E-state index contributed by atoms with van der Waals surface area (Å²) >= 11 is 1.50. The summed E-state index contributed by atoms with van der Waals surface area (Å²) < 4.78 is 1.06. The van der Waals surface area contributed by atoms with Crippen LogP contribution in [0.5, 0.6) is 0 Å². The van der Waals surface area contributed by atoms with Gasteiger partial charge in [0.2, 0.25) is 11.8 Å². The fraction of sp³-hybridized carbons (Fsp3) is 0.400. The van der Waals surface area contributed by atoms with Crippen LogP contribution in [0.1, 0.15) is 6.42 Å². The van der Waals surface area contributed by atoms with E-state index in [0.29, 0.717) is 11.7 Å². The van der Waals surface area contributed by atoms with Crippen LogP contribution in [0.25, 0.3) is 10.2 Å². The summed E-state index contributed by atoms with van der Waals surface area (Å²) in [5, 5.41) is 0.692. The minimum Gasteiger partial charge on any atom is -0.369 e. The molecule has 1 aliphatic rings. The van der Waals surface area contributed by atoms with Crippen LogP contribution in [0.4, 0.5) is 5.13 Å². The van der Waals surface area contributed by atoms with Crippen molar-refractivity contribution in [2.75, 3.05) is 31.6 Å². The first-order chi connectivity index (χ1) is 10.5. The Hall–Kier alpha value is -1.99. The van der Waals surface area contributed by atoms with Crippen LogP contribution >= 0.6 is 11.3 Å². The van der Waals surface area contributed by atoms with Crippen molar-refractivity contribution in [2.45, 2.75) is 6.42 Å². The van der Waals surface area contributed by atoms with E-state index < -0.39 is 0 Å². The van der Waals surface area contributed by atoms with Gasteiger partial charge in [-0.2, -0.15) is 0 Å². The minimum atomic E-state index is -0.283. The SMILES string of the molecule is CN(C(=O)CN1CC[C@H](C(N)=O)C1)c1nc2ccccc2s1. The molecule has 0 radical (unpaired) electrons. The van der Waals surface area contributed by atoms with Gasteiger partial charge < -0.3 is 5.73 Å². The smallest absolute Gasteiger partial charge is 0.242 e.